The lowest BCUT2D eigenvalue weighted by Crippen LogP contribution is -2.56. The van der Waals surface area contributed by atoms with Crippen LogP contribution in [0.5, 0.6) is 0 Å². The molecule has 1 aliphatic heterocycles. The van der Waals surface area contributed by atoms with Crippen molar-refractivity contribution in [2.75, 3.05) is 39.9 Å². The van der Waals surface area contributed by atoms with E-state index in [9.17, 15) is 0 Å². The molecule has 1 saturated heterocycles. The Hall–Kier alpha value is -2.38. The smallest absolute Gasteiger partial charge is 0.214 e. The monoisotopic (exact) mass is 385 g/mol. The molecule has 0 saturated carbocycles. The Bertz CT molecular complexity index is 776. The molecule has 0 atom stereocenters. The Labute approximate surface area is 167 Å². The Balaban J connectivity index is 1.51. The number of ether oxygens (including phenoxy) is 1. The summed E-state index contributed by atoms with van der Waals surface area (Å²) in [6.45, 7) is 11.3. The Morgan fingerprint density at radius 3 is 2.57 bits per heavy atom. The molecule has 0 bridgehead atoms. The van der Waals surface area contributed by atoms with Gasteiger partial charge in [0.05, 0.1) is 26.0 Å². The molecule has 2 heterocycles. The van der Waals surface area contributed by atoms with Crippen LogP contribution in [0.15, 0.2) is 39.9 Å². The Kier molecular flexibility index (Phi) is 6.70. The molecule has 7 heteroatoms. The zero-order valence-corrected chi connectivity index (χ0v) is 17.3. The van der Waals surface area contributed by atoms with Crippen LogP contribution in [0.2, 0.25) is 0 Å². The molecule has 1 aromatic carbocycles. The van der Waals surface area contributed by atoms with Gasteiger partial charge in [-0.1, -0.05) is 29.8 Å². The van der Waals surface area contributed by atoms with Crippen molar-refractivity contribution in [3.63, 3.8) is 0 Å². The van der Waals surface area contributed by atoms with Gasteiger partial charge in [-0.2, -0.15) is 0 Å². The normalized spacial score (nSPS) is 16.2. The van der Waals surface area contributed by atoms with E-state index in [-0.39, 0.29) is 5.54 Å². The van der Waals surface area contributed by atoms with Crippen LogP contribution < -0.4 is 10.6 Å². The second-order valence-corrected chi connectivity index (χ2v) is 7.68. The van der Waals surface area contributed by atoms with Crippen LogP contribution in [-0.2, 0) is 11.3 Å². The maximum Gasteiger partial charge on any atom is 0.214 e. The summed E-state index contributed by atoms with van der Waals surface area (Å²) in [6, 6.07) is 8.22. The number of aromatic nitrogens is 1. The lowest BCUT2D eigenvalue weighted by molar-refractivity contribution is -0.00834. The molecule has 28 heavy (non-hydrogen) atoms. The molecular weight excluding hydrogens is 354 g/mol. The number of hydrogen-bond donors (Lipinski definition) is 2. The molecule has 152 valence electrons. The number of nitrogens with one attached hydrogen (secondary N) is 2. The molecule has 2 aromatic rings. The van der Waals surface area contributed by atoms with Crippen LogP contribution in [-0.4, -0.2) is 61.3 Å². The molecule has 7 nitrogen and oxygen atoms in total. The van der Waals surface area contributed by atoms with Crippen LogP contribution >= 0.6 is 0 Å². The molecule has 0 unspecified atom stereocenters. The minimum atomic E-state index is 0.0168. The van der Waals surface area contributed by atoms with E-state index >= 15 is 0 Å². The number of guanidine groups is 1. The molecule has 1 aromatic heterocycles. The molecular formula is C21H31N5O2. The number of nitrogens with zero attached hydrogens (tertiary/aromatic N) is 3. The summed E-state index contributed by atoms with van der Waals surface area (Å²) in [6.07, 6.45) is 1.76. The largest absolute Gasteiger partial charge is 0.439 e. The lowest BCUT2D eigenvalue weighted by atomic mass is 10.0. The van der Waals surface area contributed by atoms with E-state index in [1.807, 2.05) is 12.1 Å². The number of aryl methyl sites for hydroxylation is 1. The maximum absolute atomic E-state index is 5.87. The summed E-state index contributed by atoms with van der Waals surface area (Å²) < 4.78 is 11.3. The van der Waals surface area contributed by atoms with Gasteiger partial charge in [0, 0.05) is 37.8 Å². The molecule has 0 aliphatic carbocycles. The van der Waals surface area contributed by atoms with E-state index in [1.54, 1.807) is 13.2 Å². The topological polar surface area (TPSA) is 74.9 Å². The van der Waals surface area contributed by atoms with Gasteiger partial charge >= 0.3 is 0 Å². The number of morpholine rings is 1. The van der Waals surface area contributed by atoms with Gasteiger partial charge in [0.15, 0.2) is 11.7 Å². The number of aliphatic imine (C=N–C) groups is 1. The van der Waals surface area contributed by atoms with E-state index in [2.05, 4.69) is 58.4 Å². The Morgan fingerprint density at radius 1 is 1.18 bits per heavy atom. The van der Waals surface area contributed by atoms with Crippen molar-refractivity contribution in [1.29, 1.82) is 0 Å². The second-order valence-electron chi connectivity index (χ2n) is 7.68. The van der Waals surface area contributed by atoms with Gasteiger partial charge in [0.2, 0.25) is 5.89 Å². The average molecular weight is 386 g/mol. The van der Waals surface area contributed by atoms with Crippen molar-refractivity contribution in [1.82, 2.24) is 20.5 Å². The first-order valence-corrected chi connectivity index (χ1v) is 9.77. The predicted octanol–water partition coefficient (Wildman–Crippen LogP) is 2.43. The maximum atomic E-state index is 5.87. The molecule has 0 amide bonds. The fourth-order valence-electron chi connectivity index (χ4n) is 3.20. The zero-order valence-electron chi connectivity index (χ0n) is 17.3. The van der Waals surface area contributed by atoms with Crippen molar-refractivity contribution < 1.29 is 9.15 Å². The van der Waals surface area contributed by atoms with Gasteiger partial charge < -0.3 is 19.8 Å². The molecule has 2 N–H and O–H groups in total. The summed E-state index contributed by atoms with van der Waals surface area (Å²) >= 11 is 0. The molecule has 3 rings (SSSR count). The van der Waals surface area contributed by atoms with Crippen molar-refractivity contribution >= 4 is 5.96 Å². The third-order valence-electron chi connectivity index (χ3n) is 5.08. The lowest BCUT2D eigenvalue weighted by Gasteiger charge is -2.41. The first-order valence-electron chi connectivity index (χ1n) is 9.77. The van der Waals surface area contributed by atoms with Crippen LogP contribution in [0.4, 0.5) is 0 Å². The standard InChI is InChI=1S/C21H31N5O2/c1-16-5-7-17(8-6-16)18-13-23-19(28-18)14-24-20(22-4)25-15-21(2,3)26-9-11-27-12-10-26/h5-8,13H,9-12,14-15H2,1-4H3,(H2,22,24,25). The highest BCUT2D eigenvalue weighted by molar-refractivity contribution is 5.79. The van der Waals surface area contributed by atoms with Gasteiger partial charge in [-0.05, 0) is 20.8 Å². The van der Waals surface area contributed by atoms with Gasteiger partial charge in [0.1, 0.15) is 0 Å². The summed E-state index contributed by atoms with van der Waals surface area (Å²) in [4.78, 5) is 11.1. The van der Waals surface area contributed by atoms with Crippen molar-refractivity contribution in [2.45, 2.75) is 32.9 Å². The minimum absolute atomic E-state index is 0.0168. The highest BCUT2D eigenvalue weighted by atomic mass is 16.5. The van der Waals surface area contributed by atoms with Gasteiger partial charge in [-0.15, -0.1) is 0 Å². The summed E-state index contributed by atoms with van der Waals surface area (Å²) in [5.41, 5.74) is 2.27. The number of benzene rings is 1. The third-order valence-corrected chi connectivity index (χ3v) is 5.08. The van der Waals surface area contributed by atoms with E-state index in [0.29, 0.717) is 12.4 Å². The Morgan fingerprint density at radius 2 is 1.89 bits per heavy atom. The average Bonchev–Trinajstić information content (AvgIpc) is 3.18. The van der Waals surface area contributed by atoms with E-state index in [0.717, 1.165) is 50.1 Å². The summed E-state index contributed by atoms with van der Waals surface area (Å²) in [7, 11) is 1.77. The first-order chi connectivity index (χ1) is 13.5. The van der Waals surface area contributed by atoms with E-state index in [1.165, 1.54) is 5.56 Å². The highest BCUT2D eigenvalue weighted by Gasteiger charge is 2.28. The molecule has 0 radical (unpaired) electrons. The van der Waals surface area contributed by atoms with Gasteiger partial charge in [0.25, 0.3) is 0 Å². The van der Waals surface area contributed by atoms with Crippen LogP contribution in [0.1, 0.15) is 25.3 Å². The van der Waals surface area contributed by atoms with Crippen molar-refractivity contribution in [3.05, 3.63) is 41.9 Å². The predicted molar refractivity (Wildman–Crippen MR) is 111 cm³/mol. The highest BCUT2D eigenvalue weighted by Crippen LogP contribution is 2.20. The fraction of sp³-hybridized carbons (Fsp3) is 0.524. The number of hydrogen-bond acceptors (Lipinski definition) is 5. The fourth-order valence-corrected chi connectivity index (χ4v) is 3.20. The van der Waals surface area contributed by atoms with Crippen LogP contribution in [0.25, 0.3) is 11.3 Å². The minimum Gasteiger partial charge on any atom is -0.439 e. The zero-order chi connectivity index (χ0) is 20.0. The quantitative estimate of drug-likeness (QED) is 0.588. The summed E-state index contributed by atoms with van der Waals surface area (Å²) in [5.74, 6) is 2.13. The van der Waals surface area contributed by atoms with E-state index in [4.69, 9.17) is 9.15 Å². The third kappa shape index (κ3) is 5.33. The number of rotatable bonds is 6. The van der Waals surface area contributed by atoms with Gasteiger partial charge in [-0.3, -0.25) is 9.89 Å². The van der Waals surface area contributed by atoms with Crippen LogP contribution in [0.3, 0.4) is 0 Å². The molecule has 1 aliphatic rings. The second kappa shape index (κ2) is 9.21. The molecule has 0 spiro atoms. The van der Waals surface area contributed by atoms with Crippen LogP contribution in [0, 0.1) is 6.92 Å². The number of oxazole rings is 1. The SMILES string of the molecule is CN=C(NCc1ncc(-c2ccc(C)cc2)o1)NCC(C)(C)N1CCOCC1. The molecule has 1 fully saturated rings. The van der Waals surface area contributed by atoms with Gasteiger partial charge in [-0.25, -0.2) is 4.98 Å². The van der Waals surface area contributed by atoms with Crippen molar-refractivity contribution in [3.8, 4) is 11.3 Å². The van der Waals surface area contributed by atoms with E-state index < -0.39 is 0 Å². The first kappa shape index (κ1) is 20.4. The van der Waals surface area contributed by atoms with Crippen molar-refractivity contribution in [2.24, 2.45) is 4.99 Å². The summed E-state index contributed by atoms with van der Waals surface area (Å²) in [5, 5.41) is 6.68.